The average Bonchev–Trinajstić information content (AvgIpc) is 2.76. The number of halogens is 3. The number of piperidine rings is 1. The predicted molar refractivity (Wildman–Crippen MR) is 127 cm³/mol. The first kappa shape index (κ1) is 25.9. The highest BCUT2D eigenvalue weighted by molar-refractivity contribution is 9.10. The molecule has 3 rings (SSSR count). The molecule has 0 atom stereocenters. The van der Waals surface area contributed by atoms with Crippen LogP contribution in [0.3, 0.4) is 0 Å². The predicted octanol–water partition coefficient (Wildman–Crippen LogP) is 5.21. The Morgan fingerprint density at radius 2 is 2.03 bits per heavy atom. The summed E-state index contributed by atoms with van der Waals surface area (Å²) in [6, 6.07) is 1.31. The maximum Gasteiger partial charge on any atom is 0.407 e. The fourth-order valence-electron chi connectivity index (χ4n) is 3.62. The third-order valence-electron chi connectivity index (χ3n) is 5.45. The Bertz CT molecular complexity index is 1160. The molecule has 1 saturated heterocycles. The van der Waals surface area contributed by atoms with Crippen LogP contribution in [-0.2, 0) is 9.53 Å². The molecule has 2 aromatic rings. The molecule has 1 amide bonds. The molecule has 13 heteroatoms. The van der Waals surface area contributed by atoms with Crippen molar-refractivity contribution in [3.8, 4) is 0 Å². The number of benzene rings is 1. The number of hydrogen-bond acceptors (Lipinski definition) is 7. The topological polar surface area (TPSA) is 135 Å². The highest BCUT2D eigenvalue weighted by Gasteiger charge is 2.45. The summed E-state index contributed by atoms with van der Waals surface area (Å²) in [7, 11) is 0. The van der Waals surface area contributed by atoms with E-state index in [9.17, 15) is 29.2 Å². The van der Waals surface area contributed by atoms with Crippen molar-refractivity contribution in [2.24, 2.45) is 5.41 Å². The second-order valence-corrected chi connectivity index (χ2v) is 10.5. The van der Waals surface area contributed by atoms with Gasteiger partial charge in [0.05, 0.1) is 21.0 Å². The van der Waals surface area contributed by atoms with Crippen molar-refractivity contribution >= 4 is 61.9 Å². The normalized spacial score (nSPS) is 15.8. The molecular weight excluding hydrogens is 539 g/mol. The van der Waals surface area contributed by atoms with Gasteiger partial charge in [-0.1, -0.05) is 32.4 Å². The van der Waals surface area contributed by atoms with Gasteiger partial charge in [-0.2, -0.15) is 0 Å². The Hall–Kier alpha value is -2.73. The summed E-state index contributed by atoms with van der Waals surface area (Å²) in [6.45, 7) is 5.67. The highest BCUT2D eigenvalue weighted by Crippen LogP contribution is 2.41. The van der Waals surface area contributed by atoms with Crippen LogP contribution in [-0.4, -0.2) is 57.2 Å². The number of amides is 1. The summed E-state index contributed by atoms with van der Waals surface area (Å²) in [5.74, 6) is -1.50. The molecule has 184 valence electrons. The van der Waals surface area contributed by atoms with Crippen molar-refractivity contribution < 1.29 is 28.7 Å². The van der Waals surface area contributed by atoms with Crippen LogP contribution in [0.15, 0.2) is 16.7 Å². The summed E-state index contributed by atoms with van der Waals surface area (Å²) in [6.07, 6.45) is -0.281. The maximum absolute atomic E-state index is 14.8. The lowest BCUT2D eigenvalue weighted by Gasteiger charge is -2.40. The zero-order valence-electron chi connectivity index (χ0n) is 18.7. The minimum atomic E-state index is -1.49. The lowest BCUT2D eigenvalue weighted by atomic mass is 9.86. The first-order valence-corrected chi connectivity index (χ1v) is 11.5. The van der Waals surface area contributed by atoms with Gasteiger partial charge in [0.1, 0.15) is 22.9 Å². The molecule has 1 fully saturated rings. The third-order valence-corrected chi connectivity index (χ3v) is 6.76. The standard InChI is InChI=1S/C21H23BrClFN4O6/c1-20(2,3)10-34-18(29)21(4-6-27(7-5-21)19(30)31)26-16-11-8-12(23)14(22)15(24)17(11)25-9-13(16)28(32)33/h8-9H,4-7,10H2,1-3H3,(H,25,26)(H,30,31). The van der Waals surface area contributed by atoms with E-state index in [2.05, 4.69) is 26.2 Å². The Balaban J connectivity index is 2.14. The molecule has 0 bridgehead atoms. The molecule has 1 aromatic heterocycles. The van der Waals surface area contributed by atoms with Crippen molar-refractivity contribution in [2.45, 2.75) is 39.2 Å². The van der Waals surface area contributed by atoms with E-state index in [4.69, 9.17) is 16.3 Å². The van der Waals surface area contributed by atoms with Crippen LogP contribution >= 0.6 is 27.5 Å². The van der Waals surface area contributed by atoms with E-state index in [1.165, 1.54) is 6.07 Å². The maximum atomic E-state index is 14.8. The number of esters is 1. The van der Waals surface area contributed by atoms with Gasteiger partial charge in [-0.15, -0.1) is 0 Å². The van der Waals surface area contributed by atoms with Gasteiger partial charge in [0.25, 0.3) is 0 Å². The Morgan fingerprint density at radius 3 is 2.56 bits per heavy atom. The molecule has 1 aromatic carbocycles. The first-order chi connectivity index (χ1) is 15.8. The molecule has 1 aliphatic rings. The van der Waals surface area contributed by atoms with Crippen molar-refractivity contribution in [3.05, 3.63) is 37.7 Å². The third kappa shape index (κ3) is 5.17. The number of pyridine rings is 1. The van der Waals surface area contributed by atoms with E-state index in [0.29, 0.717) is 0 Å². The van der Waals surface area contributed by atoms with Crippen molar-refractivity contribution in [1.82, 2.24) is 9.88 Å². The molecule has 10 nitrogen and oxygen atoms in total. The first-order valence-electron chi connectivity index (χ1n) is 10.3. The van der Waals surface area contributed by atoms with Crippen LogP contribution in [0.2, 0.25) is 5.02 Å². The van der Waals surface area contributed by atoms with Crippen LogP contribution in [0.25, 0.3) is 10.9 Å². The number of fused-ring (bicyclic) bond motifs is 1. The van der Waals surface area contributed by atoms with Gasteiger partial charge in [0.2, 0.25) is 0 Å². The molecule has 0 spiro atoms. The minimum Gasteiger partial charge on any atom is -0.465 e. The van der Waals surface area contributed by atoms with E-state index >= 15 is 0 Å². The molecule has 2 N–H and O–H groups in total. The van der Waals surface area contributed by atoms with E-state index < -0.39 is 34.0 Å². The number of anilines is 1. The van der Waals surface area contributed by atoms with Gasteiger partial charge in [-0.3, -0.25) is 10.1 Å². The van der Waals surface area contributed by atoms with Gasteiger partial charge in [-0.05, 0) is 40.3 Å². The second-order valence-electron chi connectivity index (χ2n) is 9.27. The number of carbonyl (C=O) groups excluding carboxylic acids is 1. The summed E-state index contributed by atoms with van der Waals surface area (Å²) >= 11 is 9.14. The lowest BCUT2D eigenvalue weighted by Crippen LogP contribution is -2.56. The number of likely N-dealkylation sites (tertiary alicyclic amines) is 1. The number of nitrogens with zero attached hydrogens (tertiary/aromatic N) is 3. The average molecular weight is 562 g/mol. The number of carboxylic acid groups (broad SMARTS) is 1. The van der Waals surface area contributed by atoms with Gasteiger partial charge >= 0.3 is 17.7 Å². The minimum absolute atomic E-state index is 0.00330. The van der Waals surface area contributed by atoms with Gasteiger partial charge in [-0.25, -0.2) is 19.0 Å². The second kappa shape index (κ2) is 9.49. The zero-order valence-corrected chi connectivity index (χ0v) is 21.0. The molecule has 0 saturated carbocycles. The fourth-order valence-corrected chi connectivity index (χ4v) is 4.11. The Kier molecular flexibility index (Phi) is 7.23. The lowest BCUT2D eigenvalue weighted by molar-refractivity contribution is -0.384. The van der Waals surface area contributed by atoms with Crippen LogP contribution in [0, 0.1) is 21.3 Å². The molecule has 0 radical (unpaired) electrons. The van der Waals surface area contributed by atoms with Crippen LogP contribution in [0.5, 0.6) is 0 Å². The number of nitrogens with one attached hydrogen (secondary N) is 1. The summed E-state index contributed by atoms with van der Waals surface area (Å²) in [5.41, 5.74) is -2.68. The Labute approximate surface area is 207 Å². The number of aromatic nitrogens is 1. The van der Waals surface area contributed by atoms with Crippen molar-refractivity contribution in [3.63, 3.8) is 0 Å². The van der Waals surface area contributed by atoms with Crippen LogP contribution in [0.4, 0.5) is 20.6 Å². The molecule has 1 aliphatic heterocycles. The van der Waals surface area contributed by atoms with Gasteiger partial charge in [0, 0.05) is 18.5 Å². The highest BCUT2D eigenvalue weighted by atomic mass is 79.9. The smallest absolute Gasteiger partial charge is 0.407 e. The van der Waals surface area contributed by atoms with Crippen molar-refractivity contribution in [1.29, 1.82) is 0 Å². The van der Waals surface area contributed by atoms with Gasteiger partial charge < -0.3 is 20.1 Å². The summed E-state index contributed by atoms with van der Waals surface area (Å²) in [4.78, 5) is 40.8. The van der Waals surface area contributed by atoms with E-state index in [1.54, 1.807) is 0 Å². The van der Waals surface area contributed by atoms with Crippen LogP contribution in [0.1, 0.15) is 33.6 Å². The summed E-state index contributed by atoms with van der Waals surface area (Å²) in [5, 5.41) is 24.0. The largest absolute Gasteiger partial charge is 0.465 e. The number of rotatable bonds is 5. The molecular formula is C21H23BrClFN4O6. The van der Waals surface area contributed by atoms with E-state index in [1.807, 2.05) is 20.8 Å². The number of ether oxygens (including phenoxy) is 1. The zero-order chi connectivity index (χ0) is 25.4. The monoisotopic (exact) mass is 560 g/mol. The van der Waals surface area contributed by atoms with E-state index in [-0.39, 0.29) is 64.0 Å². The van der Waals surface area contributed by atoms with Gasteiger partial charge in [0.15, 0.2) is 5.82 Å². The number of carbonyl (C=O) groups is 2. The Morgan fingerprint density at radius 1 is 1.41 bits per heavy atom. The number of nitro groups is 1. The molecule has 2 heterocycles. The molecule has 0 aliphatic carbocycles. The summed E-state index contributed by atoms with van der Waals surface area (Å²) < 4.78 is 20.3. The van der Waals surface area contributed by atoms with E-state index in [0.717, 1.165) is 11.1 Å². The SMILES string of the molecule is CC(C)(C)COC(=O)C1(Nc2c([N+](=O)[O-])cnc3c(F)c(Br)c(Cl)cc23)CCN(C(=O)O)CC1. The quantitative estimate of drug-likeness (QED) is 0.220. The molecule has 34 heavy (non-hydrogen) atoms. The number of hydrogen-bond donors (Lipinski definition) is 2. The fraction of sp³-hybridized carbons (Fsp3) is 0.476. The van der Waals surface area contributed by atoms with Crippen LogP contribution < -0.4 is 5.32 Å². The van der Waals surface area contributed by atoms with Crippen molar-refractivity contribution in [2.75, 3.05) is 25.0 Å². The molecule has 0 unspecified atom stereocenters.